The van der Waals surface area contributed by atoms with E-state index in [9.17, 15) is 4.79 Å². The van der Waals surface area contributed by atoms with Crippen LogP contribution in [0.25, 0.3) is 10.9 Å². The van der Waals surface area contributed by atoms with Crippen LogP contribution in [0.15, 0.2) is 12.1 Å². The molecule has 2 fully saturated rings. The minimum Gasteiger partial charge on any atom is -0.493 e. The molecular weight excluding hydrogens is 374 g/mol. The van der Waals surface area contributed by atoms with Crippen LogP contribution in [-0.4, -0.2) is 80.9 Å². The lowest BCUT2D eigenvalue weighted by molar-refractivity contribution is -0.118. The molecule has 2 aliphatic rings. The first kappa shape index (κ1) is 19.5. The van der Waals surface area contributed by atoms with Gasteiger partial charge in [-0.25, -0.2) is 4.98 Å². The zero-order valence-corrected chi connectivity index (χ0v) is 16.9. The number of amides is 1. The van der Waals surface area contributed by atoms with Gasteiger partial charge in [-0.1, -0.05) is 0 Å². The van der Waals surface area contributed by atoms with E-state index < -0.39 is 0 Å². The molecule has 2 aliphatic heterocycles. The third kappa shape index (κ3) is 4.14. The minimum atomic E-state index is 0.245. The number of morpholine rings is 1. The van der Waals surface area contributed by atoms with Crippen molar-refractivity contribution in [1.82, 2.24) is 14.9 Å². The summed E-state index contributed by atoms with van der Waals surface area (Å²) in [5, 5.41) is 4.48. The predicted octanol–water partition coefficient (Wildman–Crippen LogP) is 1.52. The smallest absolute Gasteiger partial charge is 0.228 e. The molecule has 2 saturated heterocycles. The molecule has 0 atom stereocenters. The van der Waals surface area contributed by atoms with Crippen LogP contribution in [0.1, 0.15) is 12.8 Å². The Bertz CT molecular complexity index is 864. The fraction of sp³-hybridized carbons (Fsp3) is 0.550. The van der Waals surface area contributed by atoms with E-state index in [2.05, 4.69) is 10.2 Å². The zero-order valence-electron chi connectivity index (χ0n) is 16.9. The number of nitrogens with one attached hydrogen (secondary N) is 1. The Hall–Kier alpha value is -2.81. The van der Waals surface area contributed by atoms with Gasteiger partial charge in [0.15, 0.2) is 11.5 Å². The Morgan fingerprint density at radius 3 is 2.41 bits per heavy atom. The van der Waals surface area contributed by atoms with Crippen LogP contribution in [-0.2, 0) is 9.53 Å². The van der Waals surface area contributed by atoms with E-state index >= 15 is 0 Å². The first-order valence-corrected chi connectivity index (χ1v) is 9.94. The molecule has 156 valence electrons. The second-order valence-electron chi connectivity index (χ2n) is 7.26. The van der Waals surface area contributed by atoms with E-state index in [4.69, 9.17) is 24.2 Å². The summed E-state index contributed by atoms with van der Waals surface area (Å²) in [7, 11) is 3.24. The molecule has 2 aromatic rings. The number of benzene rings is 1. The summed E-state index contributed by atoms with van der Waals surface area (Å²) in [6.07, 6.45) is 2.68. The zero-order chi connectivity index (χ0) is 20.2. The summed E-state index contributed by atoms with van der Waals surface area (Å²) in [6, 6.07) is 4.05. The quantitative estimate of drug-likeness (QED) is 0.729. The third-order valence-electron chi connectivity index (χ3n) is 5.50. The first-order chi connectivity index (χ1) is 14.2. The molecule has 0 bridgehead atoms. The number of hydrogen-bond donors (Lipinski definition) is 1. The number of rotatable bonds is 6. The van der Waals surface area contributed by atoms with Crippen LogP contribution in [0.3, 0.4) is 0 Å². The Balaban J connectivity index is 1.71. The molecule has 1 amide bonds. The van der Waals surface area contributed by atoms with E-state index in [1.54, 1.807) is 14.2 Å². The fourth-order valence-corrected chi connectivity index (χ4v) is 3.80. The summed E-state index contributed by atoms with van der Waals surface area (Å²) in [5.41, 5.74) is 0.798. The molecule has 0 radical (unpaired) electrons. The van der Waals surface area contributed by atoms with Gasteiger partial charge in [-0.3, -0.25) is 4.79 Å². The summed E-state index contributed by atoms with van der Waals surface area (Å²) in [5.74, 6) is 2.74. The number of anilines is 2. The highest BCUT2D eigenvalue weighted by Gasteiger charge is 2.22. The lowest BCUT2D eigenvalue weighted by Gasteiger charge is -2.31. The molecule has 4 rings (SSSR count). The molecule has 9 heteroatoms. The molecule has 9 nitrogen and oxygen atoms in total. The average molecular weight is 401 g/mol. The van der Waals surface area contributed by atoms with Gasteiger partial charge in [-0.05, 0) is 18.9 Å². The summed E-state index contributed by atoms with van der Waals surface area (Å²) in [4.78, 5) is 24.6. The van der Waals surface area contributed by atoms with E-state index in [0.29, 0.717) is 30.7 Å². The second-order valence-corrected chi connectivity index (χ2v) is 7.26. The second kappa shape index (κ2) is 8.69. The van der Waals surface area contributed by atoms with Crippen LogP contribution < -0.4 is 19.7 Å². The number of methoxy groups -OCH3 is 2. The number of ether oxygens (including phenoxy) is 3. The van der Waals surface area contributed by atoms with Gasteiger partial charge in [0, 0.05) is 43.7 Å². The maximum absolute atomic E-state index is 11.0. The number of hydrogen-bond acceptors (Lipinski definition) is 8. The van der Waals surface area contributed by atoms with Crippen LogP contribution in [0.2, 0.25) is 0 Å². The Morgan fingerprint density at radius 1 is 1.07 bits per heavy atom. The molecule has 1 aromatic heterocycles. The van der Waals surface area contributed by atoms with Gasteiger partial charge < -0.3 is 29.3 Å². The highest BCUT2D eigenvalue weighted by atomic mass is 16.5. The third-order valence-corrected chi connectivity index (χ3v) is 5.50. The highest BCUT2D eigenvalue weighted by molar-refractivity contribution is 5.93. The Kier molecular flexibility index (Phi) is 5.84. The Morgan fingerprint density at radius 2 is 1.76 bits per heavy atom. The van der Waals surface area contributed by atoms with Crippen molar-refractivity contribution >= 4 is 29.1 Å². The number of aromatic nitrogens is 2. The van der Waals surface area contributed by atoms with Gasteiger partial charge in [-0.2, -0.15) is 4.98 Å². The maximum Gasteiger partial charge on any atom is 0.228 e. The number of piperidine rings is 1. The normalized spacial score (nSPS) is 18.0. The van der Waals surface area contributed by atoms with E-state index in [0.717, 1.165) is 62.2 Å². The molecule has 29 heavy (non-hydrogen) atoms. The van der Waals surface area contributed by atoms with Crippen molar-refractivity contribution in [3.8, 4) is 11.5 Å². The number of carbonyl (C=O) groups excluding carboxylic acids is 1. The van der Waals surface area contributed by atoms with Crippen LogP contribution in [0, 0.1) is 0 Å². The van der Waals surface area contributed by atoms with E-state index in [1.807, 2.05) is 17.0 Å². The first-order valence-electron chi connectivity index (χ1n) is 9.94. The lowest BCUT2D eigenvalue weighted by Crippen LogP contribution is -2.39. The van der Waals surface area contributed by atoms with Crippen molar-refractivity contribution in [1.29, 1.82) is 0 Å². The molecule has 1 aromatic carbocycles. The van der Waals surface area contributed by atoms with Gasteiger partial charge in [0.05, 0.1) is 33.0 Å². The van der Waals surface area contributed by atoms with E-state index in [-0.39, 0.29) is 6.04 Å². The van der Waals surface area contributed by atoms with Gasteiger partial charge >= 0.3 is 0 Å². The van der Waals surface area contributed by atoms with Crippen molar-refractivity contribution in [3.05, 3.63) is 12.1 Å². The Labute approximate surface area is 169 Å². The number of nitrogens with zero attached hydrogens (tertiary/aromatic N) is 4. The van der Waals surface area contributed by atoms with Gasteiger partial charge in [0.25, 0.3) is 0 Å². The lowest BCUT2D eigenvalue weighted by atomic mass is 10.1. The maximum atomic E-state index is 11.0. The van der Waals surface area contributed by atoms with Gasteiger partial charge in [0.1, 0.15) is 5.82 Å². The van der Waals surface area contributed by atoms with Crippen LogP contribution >= 0.6 is 0 Å². The molecule has 0 unspecified atom stereocenters. The van der Waals surface area contributed by atoms with Crippen molar-refractivity contribution in [2.75, 3.05) is 63.8 Å². The average Bonchev–Trinajstić information content (AvgIpc) is 2.79. The van der Waals surface area contributed by atoms with Crippen molar-refractivity contribution in [2.45, 2.75) is 18.9 Å². The monoisotopic (exact) mass is 401 g/mol. The molecule has 3 heterocycles. The van der Waals surface area contributed by atoms with Gasteiger partial charge in [-0.15, -0.1) is 0 Å². The summed E-state index contributed by atoms with van der Waals surface area (Å²) < 4.78 is 16.4. The topological polar surface area (TPSA) is 89.1 Å². The standard InChI is InChI=1S/C20H27N5O4/c1-27-17-11-15-16(12-18(17)28-2)22-20(25-7-9-29-10-8-25)23-19(15)21-14-3-5-24(13-26)6-4-14/h11-14H,3-10H2,1-2H3,(H,21,22,23). The van der Waals surface area contributed by atoms with E-state index in [1.165, 1.54) is 0 Å². The fourth-order valence-electron chi connectivity index (χ4n) is 3.80. The molecule has 0 saturated carbocycles. The largest absolute Gasteiger partial charge is 0.493 e. The number of likely N-dealkylation sites (tertiary alicyclic amines) is 1. The van der Waals surface area contributed by atoms with Crippen LogP contribution in [0.5, 0.6) is 11.5 Å². The molecule has 0 aliphatic carbocycles. The summed E-state index contributed by atoms with van der Waals surface area (Å²) >= 11 is 0. The molecular formula is C20H27N5O4. The van der Waals surface area contributed by atoms with Gasteiger partial charge in [0.2, 0.25) is 12.4 Å². The molecule has 1 N–H and O–H groups in total. The van der Waals surface area contributed by atoms with Crippen LogP contribution in [0.4, 0.5) is 11.8 Å². The predicted molar refractivity (Wildman–Crippen MR) is 110 cm³/mol. The van der Waals surface area contributed by atoms with Crippen molar-refractivity contribution < 1.29 is 19.0 Å². The van der Waals surface area contributed by atoms with Crippen molar-refractivity contribution in [3.63, 3.8) is 0 Å². The minimum absolute atomic E-state index is 0.245. The molecule has 0 spiro atoms. The number of carbonyl (C=O) groups is 1. The highest BCUT2D eigenvalue weighted by Crippen LogP contribution is 2.35. The SMILES string of the molecule is COc1cc2nc(N3CCOCC3)nc(NC3CCN(C=O)CC3)c2cc1OC. The summed E-state index contributed by atoms with van der Waals surface area (Å²) in [6.45, 7) is 4.35. The van der Waals surface area contributed by atoms with Crippen molar-refractivity contribution in [2.24, 2.45) is 0 Å². The number of fused-ring (bicyclic) bond motifs is 1.